The van der Waals surface area contributed by atoms with Gasteiger partial charge in [-0.05, 0) is 25.0 Å². The number of hydrogen-bond donors (Lipinski definition) is 0. The molecule has 2 aromatic heterocycles. The van der Waals surface area contributed by atoms with Crippen LogP contribution in [0.1, 0.15) is 36.3 Å². The zero-order valence-corrected chi connectivity index (χ0v) is 13.1. The minimum absolute atomic E-state index is 0.380. The fraction of sp³-hybridized carbons (Fsp3) is 0.375. The van der Waals surface area contributed by atoms with Crippen LogP contribution in [0.2, 0.25) is 0 Å². The Bertz CT molecular complexity index is 835. The molecule has 118 valence electrons. The highest BCUT2D eigenvalue weighted by atomic mass is 16.5. The highest BCUT2D eigenvalue weighted by Gasteiger charge is 2.29. The fourth-order valence-corrected chi connectivity index (χ4v) is 2.49. The largest absolute Gasteiger partial charge is 0.486 e. The van der Waals surface area contributed by atoms with Gasteiger partial charge in [0.2, 0.25) is 11.7 Å². The van der Waals surface area contributed by atoms with Gasteiger partial charge in [-0.2, -0.15) is 4.98 Å². The Labute approximate surface area is 133 Å². The maximum absolute atomic E-state index is 5.85. The molecule has 0 spiro atoms. The Hall–Kier alpha value is -2.70. The molecule has 1 aromatic carbocycles. The third-order valence-corrected chi connectivity index (χ3v) is 3.93. The van der Waals surface area contributed by atoms with E-state index in [1.165, 1.54) is 12.8 Å². The van der Waals surface area contributed by atoms with Gasteiger partial charge in [-0.15, -0.1) is 10.2 Å². The average Bonchev–Trinajstić information content (AvgIpc) is 3.20. The third kappa shape index (κ3) is 2.81. The number of hydrogen-bond acceptors (Lipinski definition) is 6. The van der Waals surface area contributed by atoms with Crippen LogP contribution in [0.4, 0.5) is 0 Å². The zero-order valence-electron chi connectivity index (χ0n) is 13.1. The van der Waals surface area contributed by atoms with E-state index in [-0.39, 0.29) is 0 Å². The number of benzene rings is 1. The van der Waals surface area contributed by atoms with E-state index in [1.54, 1.807) is 6.92 Å². The second kappa shape index (κ2) is 5.49. The second-order valence-electron chi connectivity index (χ2n) is 5.76. The molecule has 0 N–H and O–H groups in total. The van der Waals surface area contributed by atoms with Gasteiger partial charge in [0.1, 0.15) is 18.2 Å². The third-order valence-electron chi connectivity index (χ3n) is 3.93. The molecule has 2 heterocycles. The maximum atomic E-state index is 5.85. The molecule has 1 aliphatic rings. The van der Waals surface area contributed by atoms with Crippen LogP contribution in [0.25, 0.3) is 11.4 Å². The normalized spacial score (nSPS) is 14.2. The molecule has 1 aliphatic carbocycles. The lowest BCUT2D eigenvalue weighted by Gasteiger charge is -2.07. The smallest absolute Gasteiger partial charge is 0.223 e. The minimum Gasteiger partial charge on any atom is -0.486 e. The van der Waals surface area contributed by atoms with Crippen LogP contribution in [0, 0.1) is 6.92 Å². The molecule has 4 rings (SSSR count). The molecule has 0 amide bonds. The van der Waals surface area contributed by atoms with Crippen molar-refractivity contribution in [2.45, 2.75) is 32.3 Å². The molecule has 0 atom stereocenters. The van der Waals surface area contributed by atoms with Crippen molar-refractivity contribution in [2.24, 2.45) is 7.05 Å². The van der Waals surface area contributed by atoms with Crippen molar-refractivity contribution in [1.82, 2.24) is 24.9 Å². The maximum Gasteiger partial charge on any atom is 0.223 e. The summed E-state index contributed by atoms with van der Waals surface area (Å²) in [5, 5.41) is 12.4. The Morgan fingerprint density at radius 1 is 1.30 bits per heavy atom. The van der Waals surface area contributed by atoms with Crippen LogP contribution < -0.4 is 4.74 Å². The quantitative estimate of drug-likeness (QED) is 0.720. The first-order chi connectivity index (χ1) is 11.2. The van der Waals surface area contributed by atoms with Gasteiger partial charge in [0.25, 0.3) is 0 Å². The predicted molar refractivity (Wildman–Crippen MR) is 81.8 cm³/mol. The first-order valence-corrected chi connectivity index (χ1v) is 7.62. The van der Waals surface area contributed by atoms with Crippen molar-refractivity contribution in [3.05, 3.63) is 41.8 Å². The number of aryl methyl sites for hydroxylation is 1. The molecule has 0 radical (unpaired) electrons. The molecule has 0 unspecified atom stereocenters. The van der Waals surface area contributed by atoms with Gasteiger partial charge in [-0.3, -0.25) is 0 Å². The molecular formula is C16H17N5O2. The number of nitrogens with zero attached hydrogens (tertiary/aromatic N) is 5. The van der Waals surface area contributed by atoms with Gasteiger partial charge in [0.05, 0.1) is 0 Å². The summed E-state index contributed by atoms with van der Waals surface area (Å²) < 4.78 is 12.9. The predicted octanol–water partition coefficient (Wildman–Crippen LogP) is 2.63. The summed E-state index contributed by atoms with van der Waals surface area (Å²) in [4.78, 5) is 4.22. The van der Waals surface area contributed by atoms with Crippen molar-refractivity contribution in [3.8, 4) is 17.1 Å². The van der Waals surface area contributed by atoms with Gasteiger partial charge < -0.3 is 13.8 Å². The summed E-state index contributed by atoms with van der Waals surface area (Å²) in [6.45, 7) is 2.15. The molecule has 1 fully saturated rings. The lowest BCUT2D eigenvalue weighted by atomic mass is 10.2. The van der Waals surface area contributed by atoms with Crippen LogP contribution in [-0.4, -0.2) is 24.9 Å². The minimum atomic E-state index is 0.380. The van der Waals surface area contributed by atoms with E-state index in [4.69, 9.17) is 9.26 Å². The fourth-order valence-electron chi connectivity index (χ4n) is 2.49. The first-order valence-electron chi connectivity index (χ1n) is 7.62. The standard InChI is InChI=1S/C16H17N5O2/c1-10-17-15(20-23-10)12-4-3-5-13(8-12)22-9-14-18-19-16(21(14)2)11-6-7-11/h3-5,8,11H,6-7,9H2,1-2H3. The lowest BCUT2D eigenvalue weighted by Crippen LogP contribution is -2.05. The number of rotatable bonds is 5. The van der Waals surface area contributed by atoms with Crippen LogP contribution in [-0.2, 0) is 13.7 Å². The van der Waals surface area contributed by atoms with Crippen molar-refractivity contribution in [1.29, 1.82) is 0 Å². The molecular weight excluding hydrogens is 294 g/mol. The van der Waals surface area contributed by atoms with E-state index < -0.39 is 0 Å². The van der Waals surface area contributed by atoms with Gasteiger partial charge in [-0.1, -0.05) is 17.3 Å². The molecule has 0 aliphatic heterocycles. The number of aromatic nitrogens is 5. The molecule has 0 saturated heterocycles. The van der Waals surface area contributed by atoms with Crippen molar-refractivity contribution < 1.29 is 9.26 Å². The van der Waals surface area contributed by atoms with Crippen molar-refractivity contribution in [2.75, 3.05) is 0 Å². The summed E-state index contributed by atoms with van der Waals surface area (Å²) in [6.07, 6.45) is 2.41. The summed E-state index contributed by atoms with van der Waals surface area (Å²) in [5.74, 6) is 4.29. The lowest BCUT2D eigenvalue weighted by molar-refractivity contribution is 0.291. The second-order valence-corrected chi connectivity index (χ2v) is 5.76. The molecule has 0 bridgehead atoms. The van der Waals surface area contributed by atoms with Gasteiger partial charge in [0.15, 0.2) is 5.82 Å². The van der Waals surface area contributed by atoms with Gasteiger partial charge >= 0.3 is 0 Å². The SMILES string of the molecule is Cc1nc(-c2cccc(OCc3nnc(C4CC4)n3C)c2)no1. The molecule has 23 heavy (non-hydrogen) atoms. The highest BCUT2D eigenvalue weighted by molar-refractivity contribution is 5.56. The number of ether oxygens (including phenoxy) is 1. The Morgan fingerprint density at radius 2 is 2.17 bits per heavy atom. The van der Waals surface area contributed by atoms with E-state index >= 15 is 0 Å². The molecule has 7 heteroatoms. The first kappa shape index (κ1) is 13.9. The van der Waals surface area contributed by atoms with Crippen LogP contribution in [0.5, 0.6) is 5.75 Å². The van der Waals surface area contributed by atoms with Gasteiger partial charge in [-0.25, -0.2) is 0 Å². The van der Waals surface area contributed by atoms with E-state index in [9.17, 15) is 0 Å². The summed E-state index contributed by atoms with van der Waals surface area (Å²) in [5.41, 5.74) is 0.857. The van der Waals surface area contributed by atoms with E-state index in [2.05, 4.69) is 20.3 Å². The van der Waals surface area contributed by atoms with Gasteiger partial charge in [0, 0.05) is 25.5 Å². The summed E-state index contributed by atoms with van der Waals surface area (Å²) >= 11 is 0. The van der Waals surface area contributed by atoms with Crippen LogP contribution >= 0.6 is 0 Å². The molecule has 7 nitrogen and oxygen atoms in total. The Balaban J connectivity index is 1.49. The summed E-state index contributed by atoms with van der Waals surface area (Å²) in [7, 11) is 1.99. The highest BCUT2D eigenvalue weighted by Crippen LogP contribution is 2.38. The Kier molecular flexibility index (Phi) is 3.33. The van der Waals surface area contributed by atoms with Crippen LogP contribution in [0.3, 0.4) is 0 Å². The monoisotopic (exact) mass is 311 g/mol. The van der Waals surface area contributed by atoms with Crippen molar-refractivity contribution in [3.63, 3.8) is 0 Å². The average molecular weight is 311 g/mol. The van der Waals surface area contributed by atoms with E-state index in [0.717, 1.165) is 23.0 Å². The zero-order chi connectivity index (χ0) is 15.8. The summed E-state index contributed by atoms with van der Waals surface area (Å²) in [6, 6.07) is 7.62. The van der Waals surface area contributed by atoms with E-state index in [1.807, 2.05) is 35.9 Å². The topological polar surface area (TPSA) is 78.9 Å². The molecule has 3 aromatic rings. The Morgan fingerprint density at radius 3 is 2.91 bits per heavy atom. The van der Waals surface area contributed by atoms with Crippen molar-refractivity contribution >= 4 is 0 Å². The molecule has 1 saturated carbocycles. The van der Waals surface area contributed by atoms with Crippen LogP contribution in [0.15, 0.2) is 28.8 Å². The van der Waals surface area contributed by atoms with E-state index in [0.29, 0.717) is 24.2 Å².